The van der Waals surface area contributed by atoms with E-state index in [0.717, 1.165) is 0 Å². The topological polar surface area (TPSA) is 130 Å². The normalized spacial score (nSPS) is 28.2. The molecule has 0 aromatic carbocycles. The van der Waals surface area contributed by atoms with E-state index in [0.29, 0.717) is 0 Å². The number of carboxylic acid groups (broad SMARTS) is 2. The second-order valence-corrected chi connectivity index (χ2v) is 3.11. The number of carbonyl (C=O) groups is 3. The Morgan fingerprint density at radius 3 is 2.43 bits per heavy atom. The van der Waals surface area contributed by atoms with Crippen molar-refractivity contribution in [3.8, 4) is 0 Å². The minimum atomic E-state index is -1.35. The summed E-state index contributed by atoms with van der Waals surface area (Å²) in [5.41, 5.74) is 5.22. The largest absolute Gasteiger partial charge is 0.480 e. The van der Waals surface area contributed by atoms with Gasteiger partial charge in [0.05, 0.1) is 5.92 Å². The fourth-order valence-corrected chi connectivity index (χ4v) is 1.34. The molecule has 1 amide bonds. The van der Waals surface area contributed by atoms with Crippen LogP contribution >= 0.6 is 0 Å². The van der Waals surface area contributed by atoms with E-state index in [9.17, 15) is 14.4 Å². The lowest BCUT2D eigenvalue weighted by Gasteiger charge is -2.10. The van der Waals surface area contributed by atoms with Gasteiger partial charge in [-0.1, -0.05) is 0 Å². The molecule has 0 bridgehead atoms. The molecule has 78 valence electrons. The molecule has 7 nitrogen and oxygen atoms in total. The minimum absolute atomic E-state index is 0.0817. The Morgan fingerprint density at radius 2 is 2.07 bits per heavy atom. The van der Waals surface area contributed by atoms with Gasteiger partial charge in [0.25, 0.3) is 0 Å². The first-order chi connectivity index (χ1) is 6.43. The van der Waals surface area contributed by atoms with Crippen LogP contribution in [0.5, 0.6) is 0 Å². The van der Waals surface area contributed by atoms with Crippen LogP contribution in [0, 0.1) is 5.92 Å². The molecule has 0 saturated carbocycles. The average Bonchev–Trinajstić information content (AvgIpc) is 2.46. The van der Waals surface area contributed by atoms with Gasteiger partial charge in [0, 0.05) is 0 Å². The monoisotopic (exact) mass is 202 g/mol. The third-order valence-electron chi connectivity index (χ3n) is 2.16. The Hall–Kier alpha value is -1.63. The first-order valence-electron chi connectivity index (χ1n) is 3.95. The lowest BCUT2D eigenvalue weighted by molar-refractivity contribution is -0.142. The number of aliphatic carboxylic acids is 2. The van der Waals surface area contributed by atoms with Crippen molar-refractivity contribution in [3.63, 3.8) is 0 Å². The molecule has 0 aromatic heterocycles. The predicted molar refractivity (Wildman–Crippen MR) is 43.3 cm³/mol. The highest BCUT2D eigenvalue weighted by Gasteiger charge is 2.41. The van der Waals surface area contributed by atoms with E-state index < -0.39 is 35.8 Å². The van der Waals surface area contributed by atoms with Crippen molar-refractivity contribution in [1.82, 2.24) is 5.32 Å². The van der Waals surface area contributed by atoms with E-state index in [-0.39, 0.29) is 6.42 Å². The molecule has 0 aromatic rings. The number of nitrogens with one attached hydrogen (secondary N) is 1. The van der Waals surface area contributed by atoms with E-state index in [1.807, 2.05) is 0 Å². The minimum Gasteiger partial charge on any atom is -0.480 e. The zero-order valence-corrected chi connectivity index (χ0v) is 7.14. The van der Waals surface area contributed by atoms with E-state index in [1.165, 1.54) is 0 Å². The summed E-state index contributed by atoms with van der Waals surface area (Å²) in [7, 11) is 0. The molecule has 1 aliphatic heterocycles. The fraction of sp³-hybridized carbons (Fsp3) is 0.571. The summed E-state index contributed by atoms with van der Waals surface area (Å²) in [6.45, 7) is 0. The van der Waals surface area contributed by atoms with Crippen molar-refractivity contribution in [2.24, 2.45) is 11.7 Å². The molecule has 7 heteroatoms. The van der Waals surface area contributed by atoms with Gasteiger partial charge in [0.2, 0.25) is 5.91 Å². The summed E-state index contributed by atoms with van der Waals surface area (Å²) in [5.74, 6) is -4.07. The van der Waals surface area contributed by atoms with Crippen LogP contribution in [0.4, 0.5) is 0 Å². The van der Waals surface area contributed by atoms with Crippen LogP contribution in [0.1, 0.15) is 6.42 Å². The molecule has 3 atom stereocenters. The third-order valence-corrected chi connectivity index (χ3v) is 2.16. The van der Waals surface area contributed by atoms with Crippen molar-refractivity contribution in [2.45, 2.75) is 18.5 Å². The van der Waals surface area contributed by atoms with Crippen molar-refractivity contribution in [1.29, 1.82) is 0 Å². The number of hydrogen-bond acceptors (Lipinski definition) is 4. The van der Waals surface area contributed by atoms with Crippen molar-refractivity contribution < 1.29 is 24.6 Å². The van der Waals surface area contributed by atoms with Crippen LogP contribution < -0.4 is 11.1 Å². The molecule has 1 heterocycles. The Bertz CT molecular complexity index is 290. The van der Waals surface area contributed by atoms with Crippen LogP contribution in [0.15, 0.2) is 0 Å². The standard InChI is InChI=1S/C7H10N2O5/c8-4(7(13)14)2-1-3(6(11)12)9-5(2)10/h2-4H,1,8H2,(H,9,10)(H,11,12)(H,13,14)/t2?,3-,4?/m0/s1. The Morgan fingerprint density at radius 1 is 1.50 bits per heavy atom. The third kappa shape index (κ3) is 1.82. The van der Waals surface area contributed by atoms with Gasteiger partial charge >= 0.3 is 11.9 Å². The zero-order valence-electron chi connectivity index (χ0n) is 7.14. The van der Waals surface area contributed by atoms with Crippen molar-refractivity contribution >= 4 is 17.8 Å². The van der Waals surface area contributed by atoms with Gasteiger partial charge in [-0.3, -0.25) is 9.59 Å². The molecule has 0 aliphatic carbocycles. The van der Waals surface area contributed by atoms with E-state index >= 15 is 0 Å². The molecule has 0 radical (unpaired) electrons. The van der Waals surface area contributed by atoms with Gasteiger partial charge in [-0.15, -0.1) is 0 Å². The maximum atomic E-state index is 11.1. The van der Waals surface area contributed by atoms with Crippen LogP contribution in [0.3, 0.4) is 0 Å². The quantitative estimate of drug-likeness (QED) is 0.418. The molecular formula is C7H10N2O5. The summed E-state index contributed by atoms with van der Waals surface area (Å²) in [4.78, 5) is 32.1. The number of carbonyl (C=O) groups excluding carboxylic acids is 1. The number of amides is 1. The number of hydrogen-bond donors (Lipinski definition) is 4. The number of rotatable bonds is 3. The molecule has 1 aliphatic rings. The Labute approximate surface area is 78.9 Å². The summed E-state index contributed by atoms with van der Waals surface area (Å²) in [6, 6.07) is -2.38. The van der Waals surface area contributed by atoms with Crippen molar-refractivity contribution in [3.05, 3.63) is 0 Å². The predicted octanol–water partition coefficient (Wildman–Crippen LogP) is -2.01. The SMILES string of the molecule is NC(C(=O)O)C1C[C@@H](C(=O)O)NC1=O. The maximum absolute atomic E-state index is 11.1. The highest BCUT2D eigenvalue weighted by Crippen LogP contribution is 2.18. The summed E-state index contributed by atoms with van der Waals surface area (Å²) in [5, 5.41) is 19.3. The molecule has 1 rings (SSSR count). The van der Waals surface area contributed by atoms with Gasteiger partial charge < -0.3 is 21.3 Å². The highest BCUT2D eigenvalue weighted by atomic mass is 16.4. The molecule has 2 unspecified atom stereocenters. The van der Waals surface area contributed by atoms with E-state index in [4.69, 9.17) is 15.9 Å². The molecular weight excluding hydrogens is 192 g/mol. The average molecular weight is 202 g/mol. The van der Waals surface area contributed by atoms with Gasteiger partial charge in [-0.25, -0.2) is 4.79 Å². The number of carboxylic acids is 2. The van der Waals surface area contributed by atoms with Crippen molar-refractivity contribution in [2.75, 3.05) is 0 Å². The van der Waals surface area contributed by atoms with Gasteiger partial charge in [-0.05, 0) is 6.42 Å². The van der Waals surface area contributed by atoms with Gasteiger partial charge in [-0.2, -0.15) is 0 Å². The van der Waals surface area contributed by atoms with Crippen LogP contribution in [-0.4, -0.2) is 40.1 Å². The molecule has 1 saturated heterocycles. The lowest BCUT2D eigenvalue weighted by Crippen LogP contribution is -2.41. The lowest BCUT2D eigenvalue weighted by atomic mass is 9.97. The van der Waals surface area contributed by atoms with Crippen LogP contribution in [0.2, 0.25) is 0 Å². The van der Waals surface area contributed by atoms with Crippen LogP contribution in [-0.2, 0) is 14.4 Å². The molecule has 5 N–H and O–H groups in total. The second kappa shape index (κ2) is 3.62. The Kier molecular flexibility index (Phi) is 2.70. The number of nitrogens with two attached hydrogens (primary N) is 1. The first kappa shape index (κ1) is 10.5. The first-order valence-corrected chi connectivity index (χ1v) is 3.95. The second-order valence-electron chi connectivity index (χ2n) is 3.11. The Balaban J connectivity index is 2.70. The summed E-state index contributed by atoms with van der Waals surface area (Å²) in [6.07, 6.45) is -0.0817. The molecule has 1 fully saturated rings. The zero-order chi connectivity index (χ0) is 10.9. The summed E-state index contributed by atoms with van der Waals surface area (Å²) < 4.78 is 0. The summed E-state index contributed by atoms with van der Waals surface area (Å²) >= 11 is 0. The fourth-order valence-electron chi connectivity index (χ4n) is 1.34. The maximum Gasteiger partial charge on any atom is 0.326 e. The smallest absolute Gasteiger partial charge is 0.326 e. The van der Waals surface area contributed by atoms with Gasteiger partial charge in [0.1, 0.15) is 12.1 Å². The highest BCUT2D eigenvalue weighted by molar-refractivity contribution is 5.92. The molecule has 14 heavy (non-hydrogen) atoms. The molecule has 0 spiro atoms. The van der Waals surface area contributed by atoms with Gasteiger partial charge in [0.15, 0.2) is 0 Å². The van der Waals surface area contributed by atoms with E-state index in [2.05, 4.69) is 5.32 Å². The van der Waals surface area contributed by atoms with Crippen LogP contribution in [0.25, 0.3) is 0 Å². The van der Waals surface area contributed by atoms with E-state index in [1.54, 1.807) is 0 Å².